The third kappa shape index (κ3) is 3.03. The highest BCUT2D eigenvalue weighted by Crippen LogP contribution is 2.39. The first kappa shape index (κ1) is 9.86. The van der Waals surface area contributed by atoms with E-state index in [4.69, 9.17) is 10.2 Å². The molecule has 0 amide bonds. The fourth-order valence-electron chi connectivity index (χ4n) is 1.08. The molecular formula is C8H14O3S. The van der Waals surface area contributed by atoms with Crippen molar-refractivity contribution in [2.75, 3.05) is 12.4 Å². The predicted molar refractivity (Wildman–Crippen MR) is 48.3 cm³/mol. The average Bonchev–Trinajstić information content (AvgIpc) is 2.80. The number of hydrogen-bond donors (Lipinski definition) is 2. The summed E-state index contributed by atoms with van der Waals surface area (Å²) in [5, 5.41) is 17.1. The Labute approximate surface area is 76.2 Å². The van der Waals surface area contributed by atoms with E-state index in [1.54, 1.807) is 0 Å². The van der Waals surface area contributed by atoms with Gasteiger partial charge in [0.25, 0.3) is 0 Å². The fraction of sp³-hybridized carbons (Fsp3) is 0.875. The van der Waals surface area contributed by atoms with Crippen molar-refractivity contribution >= 4 is 17.7 Å². The maximum absolute atomic E-state index is 10.7. The zero-order valence-corrected chi connectivity index (χ0v) is 7.72. The van der Waals surface area contributed by atoms with Crippen LogP contribution in [0.5, 0.6) is 0 Å². The van der Waals surface area contributed by atoms with E-state index in [9.17, 15) is 4.79 Å². The second kappa shape index (κ2) is 4.72. The quantitative estimate of drug-likeness (QED) is 0.613. The van der Waals surface area contributed by atoms with Crippen LogP contribution in [0.2, 0.25) is 0 Å². The van der Waals surface area contributed by atoms with Gasteiger partial charge in [0.2, 0.25) is 0 Å². The maximum Gasteiger partial charge on any atom is 0.316 e. The number of hydrogen-bond acceptors (Lipinski definition) is 3. The van der Waals surface area contributed by atoms with Crippen molar-refractivity contribution in [3.63, 3.8) is 0 Å². The largest absolute Gasteiger partial charge is 0.480 e. The van der Waals surface area contributed by atoms with Gasteiger partial charge in [-0.1, -0.05) is 0 Å². The minimum absolute atomic E-state index is 0.157. The molecule has 0 radical (unpaired) electrons. The fourth-order valence-corrected chi connectivity index (χ4v) is 2.32. The van der Waals surface area contributed by atoms with E-state index >= 15 is 0 Å². The van der Waals surface area contributed by atoms with E-state index < -0.39 is 5.97 Å². The summed E-state index contributed by atoms with van der Waals surface area (Å²) in [6, 6.07) is 0. The van der Waals surface area contributed by atoms with Gasteiger partial charge in [-0.25, -0.2) is 0 Å². The third-order valence-corrected chi connectivity index (χ3v) is 3.36. The number of aliphatic hydroxyl groups is 1. The van der Waals surface area contributed by atoms with Crippen molar-refractivity contribution in [3.8, 4) is 0 Å². The Morgan fingerprint density at radius 2 is 2.25 bits per heavy atom. The highest BCUT2D eigenvalue weighted by atomic mass is 32.2. The lowest BCUT2D eigenvalue weighted by Crippen LogP contribution is -2.19. The molecule has 0 aromatic rings. The molecule has 0 saturated heterocycles. The summed E-state index contributed by atoms with van der Waals surface area (Å²) in [5.41, 5.74) is 0. The van der Waals surface area contributed by atoms with Crippen molar-refractivity contribution < 1.29 is 15.0 Å². The van der Waals surface area contributed by atoms with Crippen molar-refractivity contribution in [1.29, 1.82) is 0 Å². The number of carboxylic acids is 1. The lowest BCUT2D eigenvalue weighted by molar-refractivity contribution is -0.136. The highest BCUT2D eigenvalue weighted by molar-refractivity contribution is 8.00. The normalized spacial score (nSPS) is 19.1. The molecule has 0 aromatic carbocycles. The van der Waals surface area contributed by atoms with E-state index in [0.717, 1.165) is 18.6 Å². The number of carbonyl (C=O) groups is 1. The van der Waals surface area contributed by atoms with E-state index in [-0.39, 0.29) is 11.9 Å². The molecule has 0 bridgehead atoms. The van der Waals surface area contributed by atoms with Crippen LogP contribution in [0.25, 0.3) is 0 Å². The Morgan fingerprint density at radius 3 is 2.67 bits per heavy atom. The van der Waals surface area contributed by atoms with Gasteiger partial charge in [0, 0.05) is 6.61 Å². The number of aliphatic carboxylic acids is 1. The van der Waals surface area contributed by atoms with Gasteiger partial charge >= 0.3 is 5.97 Å². The summed E-state index contributed by atoms with van der Waals surface area (Å²) >= 11 is 1.47. The molecule has 3 nitrogen and oxygen atoms in total. The molecule has 1 aliphatic carbocycles. The lowest BCUT2D eigenvalue weighted by atomic mass is 10.3. The molecule has 1 fully saturated rings. The first-order valence-corrected chi connectivity index (χ1v) is 5.26. The molecule has 70 valence electrons. The molecule has 0 aliphatic heterocycles. The maximum atomic E-state index is 10.7. The third-order valence-electron chi connectivity index (χ3n) is 1.89. The Balaban J connectivity index is 2.19. The average molecular weight is 190 g/mol. The van der Waals surface area contributed by atoms with Gasteiger partial charge in [0.1, 0.15) is 5.25 Å². The number of thioether (sulfide) groups is 1. The zero-order chi connectivity index (χ0) is 8.97. The Morgan fingerprint density at radius 1 is 1.58 bits per heavy atom. The first-order chi connectivity index (χ1) is 5.75. The highest BCUT2D eigenvalue weighted by Gasteiger charge is 2.36. The van der Waals surface area contributed by atoms with Gasteiger partial charge in [-0.05, 0) is 30.9 Å². The van der Waals surface area contributed by atoms with Crippen LogP contribution < -0.4 is 0 Å². The summed E-state index contributed by atoms with van der Waals surface area (Å²) < 4.78 is 0. The monoisotopic (exact) mass is 190 g/mol. The number of aliphatic hydroxyl groups excluding tert-OH is 1. The molecule has 1 atom stereocenters. The summed E-state index contributed by atoms with van der Waals surface area (Å²) in [6.45, 7) is 0.157. The van der Waals surface area contributed by atoms with E-state index in [0.29, 0.717) is 12.3 Å². The first-order valence-electron chi connectivity index (χ1n) is 4.21. The molecule has 2 N–H and O–H groups in total. The van der Waals surface area contributed by atoms with Gasteiger partial charge in [-0.3, -0.25) is 4.79 Å². The standard InChI is InChI=1S/C8H14O3S/c9-4-1-5-12-7(8(10)11)6-2-3-6/h6-7,9H,1-5H2,(H,10,11). The van der Waals surface area contributed by atoms with Crippen LogP contribution in [0.1, 0.15) is 19.3 Å². The molecule has 12 heavy (non-hydrogen) atoms. The van der Waals surface area contributed by atoms with Crippen molar-refractivity contribution in [2.24, 2.45) is 5.92 Å². The Hall–Kier alpha value is -0.220. The summed E-state index contributed by atoms with van der Waals surface area (Å²) in [5.74, 6) is 0.455. The second-order valence-corrected chi connectivity index (χ2v) is 4.29. The van der Waals surface area contributed by atoms with E-state index in [1.807, 2.05) is 0 Å². The van der Waals surface area contributed by atoms with Crippen LogP contribution >= 0.6 is 11.8 Å². The van der Waals surface area contributed by atoms with Crippen LogP contribution in [-0.4, -0.2) is 33.8 Å². The van der Waals surface area contributed by atoms with Crippen LogP contribution in [0.15, 0.2) is 0 Å². The SMILES string of the molecule is O=C(O)C(SCCCO)C1CC1. The molecule has 0 aromatic heterocycles. The smallest absolute Gasteiger partial charge is 0.316 e. The van der Waals surface area contributed by atoms with Crippen LogP contribution in [0.4, 0.5) is 0 Å². The number of rotatable bonds is 6. The molecule has 4 heteroatoms. The molecule has 1 saturated carbocycles. The minimum atomic E-state index is -0.694. The van der Waals surface area contributed by atoms with Crippen LogP contribution in [0, 0.1) is 5.92 Å². The second-order valence-electron chi connectivity index (χ2n) is 3.04. The van der Waals surface area contributed by atoms with Crippen molar-refractivity contribution in [1.82, 2.24) is 0 Å². The molecule has 0 heterocycles. The number of carboxylic acid groups (broad SMARTS) is 1. The van der Waals surface area contributed by atoms with Gasteiger partial charge < -0.3 is 10.2 Å². The Kier molecular flexibility index (Phi) is 3.88. The lowest BCUT2D eigenvalue weighted by Gasteiger charge is -2.09. The van der Waals surface area contributed by atoms with E-state index in [2.05, 4.69) is 0 Å². The van der Waals surface area contributed by atoms with Gasteiger partial charge in [-0.2, -0.15) is 0 Å². The molecule has 1 unspecified atom stereocenters. The summed E-state index contributed by atoms with van der Waals surface area (Å²) in [6.07, 6.45) is 2.81. The predicted octanol–water partition coefficient (Wildman–Crippen LogP) is 0.965. The van der Waals surface area contributed by atoms with Gasteiger partial charge in [-0.15, -0.1) is 11.8 Å². The van der Waals surface area contributed by atoms with Gasteiger partial charge in [0.05, 0.1) is 0 Å². The van der Waals surface area contributed by atoms with Gasteiger partial charge in [0.15, 0.2) is 0 Å². The summed E-state index contributed by atoms with van der Waals surface area (Å²) in [7, 11) is 0. The molecular weight excluding hydrogens is 176 g/mol. The molecule has 1 aliphatic rings. The Bertz CT molecular complexity index is 156. The van der Waals surface area contributed by atoms with Crippen molar-refractivity contribution in [3.05, 3.63) is 0 Å². The topological polar surface area (TPSA) is 57.5 Å². The minimum Gasteiger partial charge on any atom is -0.480 e. The van der Waals surface area contributed by atoms with Crippen LogP contribution in [-0.2, 0) is 4.79 Å². The van der Waals surface area contributed by atoms with Crippen molar-refractivity contribution in [2.45, 2.75) is 24.5 Å². The summed E-state index contributed by atoms with van der Waals surface area (Å²) in [4.78, 5) is 10.7. The van der Waals surface area contributed by atoms with Crippen LogP contribution in [0.3, 0.4) is 0 Å². The zero-order valence-electron chi connectivity index (χ0n) is 6.90. The molecule has 0 spiro atoms. The van der Waals surface area contributed by atoms with E-state index in [1.165, 1.54) is 11.8 Å². The molecule has 1 rings (SSSR count).